The standard InChI is InChI=1S/C27H39N3O2/c1-6-22(5)30(26(31)19-29(16-20(2)3)27(32)23-13-14-23)18-25-12-9-15-28(25)17-24-11-8-7-10-21(24)4/h7-12,15,20,22-23H,6,13-14,16-19H2,1-5H3. The van der Waals surface area contributed by atoms with Gasteiger partial charge in [-0.25, -0.2) is 0 Å². The Morgan fingerprint density at radius 2 is 1.81 bits per heavy atom. The molecule has 5 heteroatoms. The molecule has 1 aromatic heterocycles. The zero-order valence-electron chi connectivity index (χ0n) is 20.4. The molecule has 2 amide bonds. The van der Waals surface area contributed by atoms with Crippen molar-refractivity contribution in [3.05, 3.63) is 59.4 Å². The number of rotatable bonds is 11. The van der Waals surface area contributed by atoms with Gasteiger partial charge in [-0.2, -0.15) is 0 Å². The van der Waals surface area contributed by atoms with E-state index in [0.29, 0.717) is 19.0 Å². The molecular weight excluding hydrogens is 398 g/mol. The van der Waals surface area contributed by atoms with Gasteiger partial charge in [0.2, 0.25) is 11.8 Å². The molecule has 1 saturated carbocycles. The largest absolute Gasteiger partial charge is 0.345 e. The van der Waals surface area contributed by atoms with Crippen molar-refractivity contribution in [1.29, 1.82) is 0 Å². The van der Waals surface area contributed by atoms with Crippen molar-refractivity contribution in [1.82, 2.24) is 14.4 Å². The van der Waals surface area contributed by atoms with E-state index in [2.05, 4.69) is 81.8 Å². The van der Waals surface area contributed by atoms with Crippen LogP contribution in [0.2, 0.25) is 0 Å². The summed E-state index contributed by atoms with van der Waals surface area (Å²) in [5.74, 6) is 0.663. The van der Waals surface area contributed by atoms with E-state index in [1.807, 2.05) is 4.90 Å². The van der Waals surface area contributed by atoms with Gasteiger partial charge in [0.05, 0.1) is 13.1 Å². The van der Waals surface area contributed by atoms with Gasteiger partial charge in [-0.05, 0) is 62.3 Å². The minimum atomic E-state index is 0.0395. The molecule has 1 fully saturated rings. The predicted molar refractivity (Wildman–Crippen MR) is 129 cm³/mol. The first kappa shape index (κ1) is 24.1. The van der Waals surface area contributed by atoms with Crippen LogP contribution in [-0.2, 0) is 22.7 Å². The summed E-state index contributed by atoms with van der Waals surface area (Å²) >= 11 is 0. The molecule has 1 heterocycles. The van der Waals surface area contributed by atoms with Crippen molar-refractivity contribution < 1.29 is 9.59 Å². The van der Waals surface area contributed by atoms with E-state index in [1.165, 1.54) is 11.1 Å². The molecule has 0 bridgehead atoms. The Morgan fingerprint density at radius 1 is 1.09 bits per heavy atom. The molecule has 0 spiro atoms. The van der Waals surface area contributed by atoms with Crippen LogP contribution in [0.5, 0.6) is 0 Å². The van der Waals surface area contributed by atoms with Crippen LogP contribution in [0.3, 0.4) is 0 Å². The van der Waals surface area contributed by atoms with Crippen molar-refractivity contribution in [2.75, 3.05) is 13.1 Å². The minimum absolute atomic E-state index is 0.0395. The van der Waals surface area contributed by atoms with Crippen molar-refractivity contribution in [2.24, 2.45) is 11.8 Å². The highest BCUT2D eigenvalue weighted by atomic mass is 16.2. The summed E-state index contributed by atoms with van der Waals surface area (Å²) in [6.07, 6.45) is 4.89. The van der Waals surface area contributed by atoms with Crippen LogP contribution in [0.15, 0.2) is 42.6 Å². The molecule has 5 nitrogen and oxygen atoms in total. The van der Waals surface area contributed by atoms with Gasteiger partial charge in [-0.3, -0.25) is 9.59 Å². The van der Waals surface area contributed by atoms with E-state index in [1.54, 1.807) is 4.90 Å². The second kappa shape index (κ2) is 10.8. The number of carbonyl (C=O) groups excluding carboxylic acids is 2. The second-order valence-corrected chi connectivity index (χ2v) is 9.72. The van der Waals surface area contributed by atoms with E-state index >= 15 is 0 Å². The highest BCUT2D eigenvalue weighted by molar-refractivity contribution is 5.87. The number of aromatic nitrogens is 1. The molecule has 1 atom stereocenters. The number of aryl methyl sites for hydroxylation is 1. The summed E-state index contributed by atoms with van der Waals surface area (Å²) in [5.41, 5.74) is 3.67. The zero-order valence-corrected chi connectivity index (χ0v) is 20.4. The molecule has 174 valence electrons. The summed E-state index contributed by atoms with van der Waals surface area (Å²) < 4.78 is 2.23. The number of nitrogens with zero attached hydrogens (tertiary/aromatic N) is 3. The molecule has 1 aliphatic rings. The maximum Gasteiger partial charge on any atom is 0.242 e. The Balaban J connectivity index is 1.75. The van der Waals surface area contributed by atoms with Crippen LogP contribution in [0.25, 0.3) is 0 Å². The number of hydrogen-bond acceptors (Lipinski definition) is 2. The van der Waals surface area contributed by atoms with Gasteiger partial charge in [0, 0.05) is 36.9 Å². The highest BCUT2D eigenvalue weighted by Gasteiger charge is 2.35. The Morgan fingerprint density at radius 3 is 2.44 bits per heavy atom. The Kier molecular flexibility index (Phi) is 8.16. The topological polar surface area (TPSA) is 45.6 Å². The average molecular weight is 438 g/mol. The SMILES string of the molecule is CCC(C)N(Cc1cccn1Cc1ccccc1C)C(=O)CN(CC(C)C)C(=O)C1CC1. The lowest BCUT2D eigenvalue weighted by molar-refractivity contribution is -0.143. The van der Waals surface area contributed by atoms with E-state index in [9.17, 15) is 9.59 Å². The number of amides is 2. The predicted octanol–water partition coefficient (Wildman–Crippen LogP) is 4.87. The molecule has 0 saturated heterocycles. The normalized spacial score (nSPS) is 14.4. The molecular formula is C27H39N3O2. The maximum atomic E-state index is 13.5. The fourth-order valence-electron chi connectivity index (χ4n) is 4.12. The highest BCUT2D eigenvalue weighted by Crippen LogP contribution is 2.31. The first-order valence-electron chi connectivity index (χ1n) is 12.1. The lowest BCUT2D eigenvalue weighted by atomic mass is 10.1. The van der Waals surface area contributed by atoms with Crippen LogP contribution in [0.1, 0.15) is 63.8 Å². The van der Waals surface area contributed by atoms with Gasteiger partial charge in [0.1, 0.15) is 0 Å². The first-order valence-corrected chi connectivity index (χ1v) is 12.1. The van der Waals surface area contributed by atoms with Gasteiger partial charge < -0.3 is 14.4 Å². The third-order valence-electron chi connectivity index (χ3n) is 6.45. The van der Waals surface area contributed by atoms with Crippen LogP contribution < -0.4 is 0 Å². The molecule has 1 aromatic carbocycles. The fourth-order valence-corrected chi connectivity index (χ4v) is 4.12. The van der Waals surface area contributed by atoms with Gasteiger partial charge in [0.25, 0.3) is 0 Å². The van der Waals surface area contributed by atoms with Gasteiger partial charge in [0.15, 0.2) is 0 Å². The van der Waals surface area contributed by atoms with Crippen molar-refractivity contribution >= 4 is 11.8 Å². The van der Waals surface area contributed by atoms with Crippen LogP contribution in [0.4, 0.5) is 0 Å². The number of hydrogen-bond donors (Lipinski definition) is 0. The third kappa shape index (κ3) is 6.24. The van der Waals surface area contributed by atoms with E-state index in [0.717, 1.165) is 31.5 Å². The molecule has 2 aromatic rings. The first-order chi connectivity index (χ1) is 15.3. The monoisotopic (exact) mass is 437 g/mol. The minimum Gasteiger partial charge on any atom is -0.345 e. The van der Waals surface area contributed by atoms with Gasteiger partial charge in [-0.1, -0.05) is 45.0 Å². The third-order valence-corrected chi connectivity index (χ3v) is 6.45. The van der Waals surface area contributed by atoms with E-state index in [4.69, 9.17) is 0 Å². The quantitative estimate of drug-likeness (QED) is 0.504. The second-order valence-electron chi connectivity index (χ2n) is 9.72. The smallest absolute Gasteiger partial charge is 0.242 e. The maximum absolute atomic E-state index is 13.5. The molecule has 0 N–H and O–H groups in total. The fraction of sp³-hybridized carbons (Fsp3) is 0.556. The summed E-state index contributed by atoms with van der Waals surface area (Å²) in [7, 11) is 0. The van der Waals surface area contributed by atoms with Crippen molar-refractivity contribution in [3.63, 3.8) is 0 Å². The average Bonchev–Trinajstić information content (AvgIpc) is 3.52. The van der Waals surface area contributed by atoms with E-state index in [-0.39, 0.29) is 30.3 Å². The van der Waals surface area contributed by atoms with Crippen LogP contribution in [-0.4, -0.2) is 45.3 Å². The molecule has 1 aliphatic carbocycles. The summed E-state index contributed by atoms with van der Waals surface area (Å²) in [6.45, 7) is 12.7. The van der Waals surface area contributed by atoms with Crippen molar-refractivity contribution in [3.8, 4) is 0 Å². The lowest BCUT2D eigenvalue weighted by Crippen LogP contribution is -2.47. The zero-order chi connectivity index (χ0) is 23.3. The molecule has 3 rings (SSSR count). The molecule has 0 aliphatic heterocycles. The summed E-state index contributed by atoms with van der Waals surface area (Å²) in [5, 5.41) is 0. The molecule has 1 unspecified atom stereocenters. The summed E-state index contributed by atoms with van der Waals surface area (Å²) in [4.78, 5) is 30.0. The Labute approximate surface area is 193 Å². The van der Waals surface area contributed by atoms with Gasteiger partial charge >= 0.3 is 0 Å². The Hall–Kier alpha value is -2.56. The summed E-state index contributed by atoms with van der Waals surface area (Å²) in [6, 6.07) is 12.7. The van der Waals surface area contributed by atoms with Crippen LogP contribution in [0, 0.1) is 18.8 Å². The lowest BCUT2D eigenvalue weighted by Gasteiger charge is -2.32. The Bertz CT molecular complexity index is 913. The number of carbonyl (C=O) groups is 2. The van der Waals surface area contributed by atoms with Crippen LogP contribution >= 0.6 is 0 Å². The molecule has 0 radical (unpaired) electrons. The number of benzene rings is 1. The van der Waals surface area contributed by atoms with E-state index < -0.39 is 0 Å². The van der Waals surface area contributed by atoms with Crippen molar-refractivity contribution in [2.45, 2.75) is 73.0 Å². The molecule has 32 heavy (non-hydrogen) atoms. The van der Waals surface area contributed by atoms with Gasteiger partial charge in [-0.15, -0.1) is 0 Å².